The number of sulfonamides is 1. The van der Waals surface area contributed by atoms with E-state index in [2.05, 4.69) is 17.0 Å². The lowest BCUT2D eigenvalue weighted by Crippen LogP contribution is -2.41. The summed E-state index contributed by atoms with van der Waals surface area (Å²) >= 11 is 0. The Morgan fingerprint density at radius 3 is 2.28 bits per heavy atom. The van der Waals surface area contributed by atoms with Gasteiger partial charge >= 0.3 is 0 Å². The second-order valence-electron chi connectivity index (χ2n) is 5.67. The van der Waals surface area contributed by atoms with Crippen LogP contribution in [0.5, 0.6) is 0 Å². The predicted octanol–water partition coefficient (Wildman–Crippen LogP) is 1.87. The van der Waals surface area contributed by atoms with Gasteiger partial charge in [-0.3, -0.25) is 0 Å². The fourth-order valence-corrected chi connectivity index (χ4v) is 3.73. The standard InChI is InChI=1S/C13H28N2O2S/c1-4-12-5-7-13(8-6-12)15-18(16,17)10-9-14-11(2)3/h11-15H,4-10H2,1-3H3. The average molecular weight is 276 g/mol. The van der Waals surface area contributed by atoms with Gasteiger partial charge in [0, 0.05) is 18.6 Å². The van der Waals surface area contributed by atoms with Crippen LogP contribution in [0, 0.1) is 5.92 Å². The lowest BCUT2D eigenvalue weighted by atomic mass is 9.85. The summed E-state index contributed by atoms with van der Waals surface area (Å²) in [6.07, 6.45) is 5.53. The molecule has 2 N–H and O–H groups in total. The van der Waals surface area contributed by atoms with Crippen molar-refractivity contribution in [3.05, 3.63) is 0 Å². The second kappa shape index (κ2) is 7.46. The molecule has 0 aromatic carbocycles. The molecule has 108 valence electrons. The van der Waals surface area contributed by atoms with Gasteiger partial charge < -0.3 is 5.32 Å². The molecule has 0 bridgehead atoms. The van der Waals surface area contributed by atoms with Crippen LogP contribution in [0.2, 0.25) is 0 Å². The third-order valence-electron chi connectivity index (χ3n) is 3.69. The highest BCUT2D eigenvalue weighted by Gasteiger charge is 2.23. The van der Waals surface area contributed by atoms with Crippen LogP contribution in [0.1, 0.15) is 52.9 Å². The minimum Gasteiger partial charge on any atom is -0.313 e. The van der Waals surface area contributed by atoms with E-state index in [1.165, 1.54) is 6.42 Å². The van der Waals surface area contributed by atoms with Crippen molar-refractivity contribution in [1.29, 1.82) is 0 Å². The molecule has 1 aliphatic carbocycles. The number of nitrogens with one attached hydrogen (secondary N) is 2. The minimum atomic E-state index is -3.11. The molecule has 0 saturated heterocycles. The molecule has 1 saturated carbocycles. The van der Waals surface area contributed by atoms with Crippen LogP contribution < -0.4 is 10.0 Å². The van der Waals surface area contributed by atoms with Gasteiger partial charge in [0.25, 0.3) is 0 Å². The van der Waals surface area contributed by atoms with Crippen LogP contribution in [0.3, 0.4) is 0 Å². The van der Waals surface area contributed by atoms with Gasteiger partial charge in [0.2, 0.25) is 10.0 Å². The van der Waals surface area contributed by atoms with Crippen molar-refractivity contribution >= 4 is 10.0 Å². The van der Waals surface area contributed by atoms with E-state index in [0.717, 1.165) is 31.6 Å². The van der Waals surface area contributed by atoms with E-state index < -0.39 is 10.0 Å². The Hall–Kier alpha value is -0.130. The summed E-state index contributed by atoms with van der Waals surface area (Å²) in [5.41, 5.74) is 0. The summed E-state index contributed by atoms with van der Waals surface area (Å²) in [4.78, 5) is 0. The maximum absolute atomic E-state index is 11.9. The zero-order chi connectivity index (χ0) is 13.6. The molecule has 0 heterocycles. The molecular formula is C13H28N2O2S. The van der Waals surface area contributed by atoms with Crippen LogP contribution in [0.15, 0.2) is 0 Å². The van der Waals surface area contributed by atoms with Crippen molar-refractivity contribution in [2.45, 2.75) is 65.0 Å². The minimum absolute atomic E-state index is 0.164. The predicted molar refractivity (Wildman–Crippen MR) is 76.1 cm³/mol. The Bertz CT molecular complexity index is 320. The molecule has 1 aliphatic rings. The molecule has 0 spiro atoms. The van der Waals surface area contributed by atoms with Gasteiger partial charge in [-0.25, -0.2) is 13.1 Å². The van der Waals surface area contributed by atoms with Crippen LogP contribution in [0.25, 0.3) is 0 Å². The van der Waals surface area contributed by atoms with Crippen LogP contribution in [-0.4, -0.2) is 32.8 Å². The highest BCUT2D eigenvalue weighted by atomic mass is 32.2. The quantitative estimate of drug-likeness (QED) is 0.746. The fourth-order valence-electron chi connectivity index (χ4n) is 2.48. The molecule has 0 unspecified atom stereocenters. The molecule has 0 aliphatic heterocycles. The molecule has 18 heavy (non-hydrogen) atoms. The first-order valence-electron chi connectivity index (χ1n) is 7.16. The zero-order valence-electron chi connectivity index (χ0n) is 11.9. The van der Waals surface area contributed by atoms with E-state index in [4.69, 9.17) is 0 Å². The van der Waals surface area contributed by atoms with E-state index in [9.17, 15) is 8.42 Å². The lowest BCUT2D eigenvalue weighted by molar-refractivity contribution is 0.306. The molecule has 0 amide bonds. The lowest BCUT2D eigenvalue weighted by Gasteiger charge is -2.28. The molecule has 0 atom stereocenters. The van der Waals surface area contributed by atoms with Crippen molar-refractivity contribution in [3.8, 4) is 0 Å². The van der Waals surface area contributed by atoms with Gasteiger partial charge in [0.15, 0.2) is 0 Å². The molecule has 4 nitrogen and oxygen atoms in total. The highest BCUT2D eigenvalue weighted by molar-refractivity contribution is 7.89. The van der Waals surface area contributed by atoms with Gasteiger partial charge in [-0.05, 0) is 31.6 Å². The van der Waals surface area contributed by atoms with Gasteiger partial charge in [0.05, 0.1) is 5.75 Å². The van der Waals surface area contributed by atoms with Crippen LogP contribution in [-0.2, 0) is 10.0 Å². The van der Waals surface area contributed by atoms with E-state index in [1.807, 2.05) is 13.8 Å². The van der Waals surface area contributed by atoms with E-state index in [0.29, 0.717) is 12.6 Å². The van der Waals surface area contributed by atoms with Gasteiger partial charge in [-0.1, -0.05) is 27.2 Å². The maximum atomic E-state index is 11.9. The Labute approximate surface area is 112 Å². The van der Waals surface area contributed by atoms with E-state index >= 15 is 0 Å². The normalized spacial score (nSPS) is 25.6. The summed E-state index contributed by atoms with van der Waals surface area (Å²) in [5, 5.41) is 3.14. The summed E-state index contributed by atoms with van der Waals surface area (Å²) in [7, 11) is -3.11. The first kappa shape index (κ1) is 15.9. The van der Waals surface area contributed by atoms with Crippen molar-refractivity contribution in [2.24, 2.45) is 5.92 Å². The van der Waals surface area contributed by atoms with Crippen molar-refractivity contribution in [2.75, 3.05) is 12.3 Å². The fraction of sp³-hybridized carbons (Fsp3) is 1.00. The number of hydrogen-bond donors (Lipinski definition) is 2. The third kappa shape index (κ3) is 6.16. The van der Waals surface area contributed by atoms with Gasteiger partial charge in [0.1, 0.15) is 0 Å². The zero-order valence-corrected chi connectivity index (χ0v) is 12.7. The van der Waals surface area contributed by atoms with Crippen molar-refractivity contribution < 1.29 is 8.42 Å². The Kier molecular flexibility index (Phi) is 6.60. The highest BCUT2D eigenvalue weighted by Crippen LogP contribution is 2.26. The number of rotatable bonds is 7. The Morgan fingerprint density at radius 2 is 1.78 bits per heavy atom. The van der Waals surface area contributed by atoms with Gasteiger partial charge in [-0.15, -0.1) is 0 Å². The molecule has 0 radical (unpaired) electrons. The Morgan fingerprint density at radius 1 is 1.17 bits per heavy atom. The molecule has 5 heteroatoms. The summed E-state index contributed by atoms with van der Waals surface area (Å²) in [5.74, 6) is 0.979. The topological polar surface area (TPSA) is 58.2 Å². The smallest absolute Gasteiger partial charge is 0.213 e. The first-order chi connectivity index (χ1) is 8.43. The van der Waals surface area contributed by atoms with Crippen molar-refractivity contribution in [3.63, 3.8) is 0 Å². The van der Waals surface area contributed by atoms with E-state index in [-0.39, 0.29) is 11.8 Å². The first-order valence-corrected chi connectivity index (χ1v) is 8.81. The largest absolute Gasteiger partial charge is 0.313 e. The Balaban J connectivity index is 2.28. The summed E-state index contributed by atoms with van der Waals surface area (Å²) in [6, 6.07) is 0.497. The van der Waals surface area contributed by atoms with Crippen LogP contribution >= 0.6 is 0 Å². The molecule has 1 rings (SSSR count). The molecule has 1 fully saturated rings. The van der Waals surface area contributed by atoms with E-state index in [1.54, 1.807) is 0 Å². The summed E-state index contributed by atoms with van der Waals surface area (Å²) in [6.45, 7) is 6.78. The number of hydrogen-bond acceptors (Lipinski definition) is 3. The van der Waals surface area contributed by atoms with Crippen LogP contribution in [0.4, 0.5) is 0 Å². The van der Waals surface area contributed by atoms with Gasteiger partial charge in [-0.2, -0.15) is 0 Å². The molecule has 0 aromatic heterocycles. The average Bonchev–Trinajstić information content (AvgIpc) is 2.28. The van der Waals surface area contributed by atoms with Crippen molar-refractivity contribution in [1.82, 2.24) is 10.0 Å². The second-order valence-corrected chi connectivity index (χ2v) is 7.54. The molecular weight excluding hydrogens is 248 g/mol. The summed E-state index contributed by atoms with van der Waals surface area (Å²) < 4.78 is 26.6. The molecule has 0 aromatic rings. The maximum Gasteiger partial charge on any atom is 0.213 e. The SMILES string of the molecule is CCC1CCC(NS(=O)(=O)CCNC(C)C)CC1. The monoisotopic (exact) mass is 276 g/mol. The third-order valence-corrected chi connectivity index (χ3v) is 5.13.